The number of nitrogens with zero attached hydrogens (tertiary/aromatic N) is 3. The fourth-order valence-electron chi connectivity index (χ4n) is 2.77. The minimum atomic E-state index is -0.322. The number of amides is 2. The first-order valence-corrected chi connectivity index (χ1v) is 9.13. The molecule has 1 aromatic carbocycles. The third-order valence-electron chi connectivity index (χ3n) is 4.33. The second-order valence-corrected chi connectivity index (χ2v) is 6.27. The molecule has 1 N–H and O–H groups in total. The van der Waals surface area contributed by atoms with Gasteiger partial charge in [0.1, 0.15) is 5.69 Å². The monoisotopic (exact) mass is 374 g/mol. The van der Waals surface area contributed by atoms with E-state index in [1.54, 1.807) is 23.4 Å². The van der Waals surface area contributed by atoms with E-state index in [1.807, 2.05) is 49.4 Å². The summed E-state index contributed by atoms with van der Waals surface area (Å²) in [5, 5.41) is 2.81. The molecule has 142 valence electrons. The van der Waals surface area contributed by atoms with Gasteiger partial charge in [0.2, 0.25) is 0 Å². The second kappa shape index (κ2) is 9.41. The molecule has 0 aliphatic heterocycles. The van der Waals surface area contributed by atoms with E-state index in [4.69, 9.17) is 0 Å². The average Bonchev–Trinajstić information content (AvgIpc) is 2.77. The highest BCUT2D eigenvalue weighted by Gasteiger charge is 2.17. The van der Waals surface area contributed by atoms with E-state index in [0.717, 1.165) is 11.1 Å². The van der Waals surface area contributed by atoms with Crippen molar-refractivity contribution in [2.45, 2.75) is 20.0 Å². The van der Waals surface area contributed by atoms with Gasteiger partial charge in [0.25, 0.3) is 11.8 Å². The van der Waals surface area contributed by atoms with E-state index in [9.17, 15) is 9.59 Å². The maximum atomic E-state index is 12.9. The molecule has 28 heavy (non-hydrogen) atoms. The van der Waals surface area contributed by atoms with Crippen molar-refractivity contribution in [3.05, 3.63) is 95.6 Å². The molecular weight excluding hydrogens is 352 g/mol. The van der Waals surface area contributed by atoms with E-state index in [1.165, 1.54) is 12.3 Å². The molecule has 2 amide bonds. The van der Waals surface area contributed by atoms with Crippen LogP contribution in [-0.2, 0) is 13.1 Å². The normalized spacial score (nSPS) is 10.3. The summed E-state index contributed by atoms with van der Waals surface area (Å²) in [5.41, 5.74) is 2.66. The lowest BCUT2D eigenvalue weighted by atomic mass is 10.1. The lowest BCUT2D eigenvalue weighted by Crippen LogP contribution is -2.31. The van der Waals surface area contributed by atoms with Gasteiger partial charge in [-0.15, -0.1) is 0 Å². The Labute approximate surface area is 164 Å². The van der Waals surface area contributed by atoms with Crippen LogP contribution in [0.15, 0.2) is 73.2 Å². The van der Waals surface area contributed by atoms with E-state index in [0.29, 0.717) is 25.2 Å². The maximum absolute atomic E-state index is 12.9. The molecular formula is C22H22N4O2. The van der Waals surface area contributed by atoms with Gasteiger partial charge in [-0.2, -0.15) is 0 Å². The highest BCUT2D eigenvalue weighted by molar-refractivity contribution is 5.98. The molecule has 3 rings (SSSR count). The summed E-state index contributed by atoms with van der Waals surface area (Å²) in [6, 6.07) is 16.7. The summed E-state index contributed by atoms with van der Waals surface area (Å²) in [5.74, 6) is -0.450. The first-order chi connectivity index (χ1) is 13.7. The zero-order valence-corrected chi connectivity index (χ0v) is 15.7. The second-order valence-electron chi connectivity index (χ2n) is 6.27. The van der Waals surface area contributed by atoms with Crippen molar-refractivity contribution in [3.63, 3.8) is 0 Å². The lowest BCUT2D eigenvalue weighted by Gasteiger charge is -2.21. The van der Waals surface area contributed by atoms with Crippen LogP contribution in [0.5, 0.6) is 0 Å². The maximum Gasteiger partial charge on any atom is 0.270 e. The Morgan fingerprint density at radius 3 is 2.43 bits per heavy atom. The van der Waals surface area contributed by atoms with Gasteiger partial charge in [0.05, 0.1) is 0 Å². The molecule has 0 bridgehead atoms. The molecule has 3 aromatic rings. The van der Waals surface area contributed by atoms with Gasteiger partial charge in [-0.05, 0) is 42.3 Å². The molecule has 0 aliphatic carbocycles. The van der Waals surface area contributed by atoms with E-state index in [-0.39, 0.29) is 17.5 Å². The molecule has 0 unspecified atom stereocenters. The molecule has 6 nitrogen and oxygen atoms in total. The SMILES string of the molecule is CCN(Cc1ccccc1)C(=O)c1ccnc(C(=O)NCc2ccncc2)c1. The van der Waals surface area contributed by atoms with Crippen molar-refractivity contribution in [1.29, 1.82) is 0 Å². The van der Waals surface area contributed by atoms with Crippen LogP contribution in [0.2, 0.25) is 0 Å². The van der Waals surface area contributed by atoms with Crippen LogP contribution in [0.25, 0.3) is 0 Å². The summed E-state index contributed by atoms with van der Waals surface area (Å²) in [4.78, 5) is 35.1. The molecule has 2 aromatic heterocycles. The zero-order valence-electron chi connectivity index (χ0n) is 15.7. The largest absolute Gasteiger partial charge is 0.347 e. The summed E-state index contributed by atoms with van der Waals surface area (Å²) >= 11 is 0. The predicted octanol–water partition coefficient (Wildman–Crippen LogP) is 3.07. The number of hydrogen-bond donors (Lipinski definition) is 1. The highest BCUT2D eigenvalue weighted by Crippen LogP contribution is 2.11. The van der Waals surface area contributed by atoms with E-state index < -0.39 is 0 Å². The van der Waals surface area contributed by atoms with Gasteiger partial charge >= 0.3 is 0 Å². The Hall–Kier alpha value is -3.54. The molecule has 0 radical (unpaired) electrons. The highest BCUT2D eigenvalue weighted by atomic mass is 16.2. The van der Waals surface area contributed by atoms with Crippen molar-refractivity contribution >= 4 is 11.8 Å². The molecule has 0 saturated heterocycles. The van der Waals surface area contributed by atoms with Crippen LogP contribution in [0.1, 0.15) is 38.9 Å². The summed E-state index contributed by atoms with van der Waals surface area (Å²) in [6.45, 7) is 3.39. The summed E-state index contributed by atoms with van der Waals surface area (Å²) in [7, 11) is 0. The van der Waals surface area contributed by atoms with Gasteiger partial charge in [0.15, 0.2) is 0 Å². The Morgan fingerprint density at radius 2 is 1.71 bits per heavy atom. The number of carbonyl (C=O) groups is 2. The van der Waals surface area contributed by atoms with Gasteiger partial charge in [-0.25, -0.2) is 0 Å². The fourth-order valence-corrected chi connectivity index (χ4v) is 2.77. The molecule has 6 heteroatoms. The van der Waals surface area contributed by atoms with Gasteiger partial charge < -0.3 is 10.2 Å². The molecule has 0 spiro atoms. The summed E-state index contributed by atoms with van der Waals surface area (Å²) in [6.07, 6.45) is 4.83. The minimum absolute atomic E-state index is 0.128. The van der Waals surface area contributed by atoms with Crippen molar-refractivity contribution in [1.82, 2.24) is 20.2 Å². The van der Waals surface area contributed by atoms with E-state index >= 15 is 0 Å². The smallest absolute Gasteiger partial charge is 0.270 e. The number of aromatic nitrogens is 2. The van der Waals surface area contributed by atoms with Gasteiger partial charge in [-0.3, -0.25) is 19.6 Å². The molecule has 0 fully saturated rings. The van der Waals surface area contributed by atoms with Crippen molar-refractivity contribution < 1.29 is 9.59 Å². The Morgan fingerprint density at radius 1 is 0.964 bits per heavy atom. The molecule has 0 saturated carbocycles. The molecule has 2 heterocycles. The first kappa shape index (κ1) is 19.2. The zero-order chi connectivity index (χ0) is 19.8. The third kappa shape index (κ3) is 5.01. The van der Waals surface area contributed by atoms with Gasteiger partial charge in [0, 0.05) is 43.8 Å². The van der Waals surface area contributed by atoms with Crippen LogP contribution >= 0.6 is 0 Å². The number of hydrogen-bond acceptors (Lipinski definition) is 4. The predicted molar refractivity (Wildman–Crippen MR) is 107 cm³/mol. The number of benzene rings is 1. The Balaban J connectivity index is 1.68. The average molecular weight is 374 g/mol. The third-order valence-corrected chi connectivity index (χ3v) is 4.33. The summed E-state index contributed by atoms with van der Waals surface area (Å²) < 4.78 is 0. The molecule has 0 aliphatic rings. The van der Waals surface area contributed by atoms with Crippen molar-refractivity contribution in [2.75, 3.05) is 6.54 Å². The standard InChI is InChI=1S/C22H22N4O2/c1-2-26(16-18-6-4-3-5-7-18)22(28)19-10-13-24-20(14-19)21(27)25-15-17-8-11-23-12-9-17/h3-14H,2,15-16H2,1H3,(H,25,27). The number of carbonyl (C=O) groups excluding carboxylic acids is 2. The quantitative estimate of drug-likeness (QED) is 0.690. The van der Waals surface area contributed by atoms with Crippen LogP contribution in [0.4, 0.5) is 0 Å². The van der Waals surface area contributed by atoms with Gasteiger partial charge in [-0.1, -0.05) is 30.3 Å². The Kier molecular flexibility index (Phi) is 6.46. The topological polar surface area (TPSA) is 75.2 Å². The molecule has 0 atom stereocenters. The van der Waals surface area contributed by atoms with Crippen LogP contribution < -0.4 is 5.32 Å². The first-order valence-electron chi connectivity index (χ1n) is 9.13. The minimum Gasteiger partial charge on any atom is -0.347 e. The number of nitrogens with one attached hydrogen (secondary N) is 1. The van der Waals surface area contributed by atoms with Crippen molar-refractivity contribution in [3.8, 4) is 0 Å². The van der Waals surface area contributed by atoms with Crippen LogP contribution in [0.3, 0.4) is 0 Å². The van der Waals surface area contributed by atoms with Crippen LogP contribution in [0, 0.1) is 0 Å². The Bertz CT molecular complexity index is 930. The fraction of sp³-hybridized carbons (Fsp3) is 0.182. The van der Waals surface area contributed by atoms with Crippen molar-refractivity contribution in [2.24, 2.45) is 0 Å². The van der Waals surface area contributed by atoms with Crippen LogP contribution in [-0.4, -0.2) is 33.2 Å². The number of pyridine rings is 2. The lowest BCUT2D eigenvalue weighted by molar-refractivity contribution is 0.0752. The van der Waals surface area contributed by atoms with E-state index in [2.05, 4.69) is 15.3 Å². The number of rotatable bonds is 7.